The average Bonchev–Trinajstić information content (AvgIpc) is 3.39. The number of H-pyrrole nitrogens is 1. The lowest BCUT2D eigenvalue weighted by Gasteiger charge is -2.32. The highest BCUT2D eigenvalue weighted by Crippen LogP contribution is 2.33. The third kappa shape index (κ3) is 3.40. The predicted molar refractivity (Wildman–Crippen MR) is 122 cm³/mol. The fourth-order valence-corrected chi connectivity index (χ4v) is 4.95. The van der Waals surface area contributed by atoms with E-state index in [0.29, 0.717) is 23.6 Å². The standard InChI is InChI=1S/C23H28N6O2/c1-26-15-25-21-20(26)22(30)29(23(31)27(21)2)11-5-10-28-12-8-16(9-13-28)18-14-24-19-7-4-3-6-17(18)19/h3-4,6-7,14-16,24H,5,8-13H2,1-2H3. The Bertz CT molecular complexity index is 1350. The maximum Gasteiger partial charge on any atom is 0.332 e. The number of nitrogens with zero attached hydrogens (tertiary/aromatic N) is 5. The highest BCUT2D eigenvalue weighted by molar-refractivity contribution is 5.83. The van der Waals surface area contributed by atoms with E-state index >= 15 is 0 Å². The van der Waals surface area contributed by atoms with Gasteiger partial charge < -0.3 is 14.5 Å². The van der Waals surface area contributed by atoms with Crippen LogP contribution in [0.15, 0.2) is 46.4 Å². The number of para-hydroxylation sites is 1. The highest BCUT2D eigenvalue weighted by Gasteiger charge is 2.23. The smallest absolute Gasteiger partial charge is 0.332 e. The van der Waals surface area contributed by atoms with Crippen LogP contribution in [0.1, 0.15) is 30.7 Å². The summed E-state index contributed by atoms with van der Waals surface area (Å²) in [5.41, 5.74) is 2.99. The molecular weight excluding hydrogens is 392 g/mol. The lowest BCUT2D eigenvalue weighted by molar-refractivity contribution is 0.207. The summed E-state index contributed by atoms with van der Waals surface area (Å²) < 4.78 is 4.50. The molecule has 0 unspecified atom stereocenters. The number of aromatic nitrogens is 5. The average molecular weight is 421 g/mol. The second kappa shape index (κ2) is 7.85. The Hall–Kier alpha value is -3.13. The van der Waals surface area contributed by atoms with E-state index in [4.69, 9.17) is 0 Å². The Kier molecular flexibility index (Phi) is 5.02. The first-order chi connectivity index (χ1) is 15.0. The van der Waals surface area contributed by atoms with E-state index in [1.54, 1.807) is 25.0 Å². The fraction of sp³-hybridized carbons (Fsp3) is 0.435. The third-order valence-corrected chi connectivity index (χ3v) is 6.71. The summed E-state index contributed by atoms with van der Waals surface area (Å²) in [5.74, 6) is 0.578. The van der Waals surface area contributed by atoms with Gasteiger partial charge in [-0.25, -0.2) is 9.78 Å². The molecule has 1 aliphatic heterocycles. The largest absolute Gasteiger partial charge is 0.361 e. The van der Waals surface area contributed by atoms with Crippen LogP contribution >= 0.6 is 0 Å². The molecule has 1 saturated heterocycles. The Labute approximate surface area is 179 Å². The Balaban J connectivity index is 1.22. The van der Waals surface area contributed by atoms with Crippen LogP contribution in [-0.2, 0) is 20.6 Å². The van der Waals surface area contributed by atoms with Crippen molar-refractivity contribution in [3.05, 3.63) is 63.2 Å². The van der Waals surface area contributed by atoms with Crippen LogP contribution in [-0.4, -0.2) is 48.2 Å². The van der Waals surface area contributed by atoms with Gasteiger partial charge in [0, 0.05) is 37.7 Å². The molecule has 0 saturated carbocycles. The molecule has 162 valence electrons. The van der Waals surface area contributed by atoms with Crippen molar-refractivity contribution in [3.8, 4) is 0 Å². The third-order valence-electron chi connectivity index (χ3n) is 6.71. The van der Waals surface area contributed by atoms with E-state index < -0.39 is 0 Å². The maximum absolute atomic E-state index is 12.8. The molecule has 0 spiro atoms. The van der Waals surface area contributed by atoms with Crippen molar-refractivity contribution >= 4 is 22.1 Å². The second-order valence-electron chi connectivity index (χ2n) is 8.59. The quantitative estimate of drug-likeness (QED) is 0.537. The van der Waals surface area contributed by atoms with E-state index in [1.807, 2.05) is 0 Å². The molecule has 0 amide bonds. The van der Waals surface area contributed by atoms with Gasteiger partial charge in [-0.2, -0.15) is 0 Å². The van der Waals surface area contributed by atoms with Gasteiger partial charge in [-0.05, 0) is 56.4 Å². The number of hydrogen-bond acceptors (Lipinski definition) is 4. The zero-order valence-corrected chi connectivity index (χ0v) is 18.0. The Morgan fingerprint density at radius 3 is 2.68 bits per heavy atom. The van der Waals surface area contributed by atoms with Crippen LogP contribution in [0, 0.1) is 0 Å². The molecule has 4 aromatic rings. The highest BCUT2D eigenvalue weighted by atomic mass is 16.2. The number of rotatable bonds is 5. The lowest BCUT2D eigenvalue weighted by Crippen LogP contribution is -2.40. The number of imidazole rings is 1. The van der Waals surface area contributed by atoms with Gasteiger partial charge in [0.1, 0.15) is 0 Å². The van der Waals surface area contributed by atoms with Crippen molar-refractivity contribution in [1.82, 2.24) is 28.6 Å². The maximum atomic E-state index is 12.8. The van der Waals surface area contributed by atoms with Gasteiger partial charge in [-0.1, -0.05) is 18.2 Å². The van der Waals surface area contributed by atoms with Crippen molar-refractivity contribution in [2.45, 2.75) is 31.7 Å². The van der Waals surface area contributed by atoms with E-state index in [1.165, 1.54) is 25.6 Å². The zero-order chi connectivity index (χ0) is 21.5. The van der Waals surface area contributed by atoms with Crippen LogP contribution in [0.4, 0.5) is 0 Å². The predicted octanol–water partition coefficient (Wildman–Crippen LogP) is 2.18. The number of likely N-dealkylation sites (tertiary alicyclic amines) is 1. The van der Waals surface area contributed by atoms with Crippen LogP contribution in [0.2, 0.25) is 0 Å². The number of hydrogen-bond donors (Lipinski definition) is 1. The molecule has 1 aliphatic rings. The van der Waals surface area contributed by atoms with Crippen molar-refractivity contribution in [1.29, 1.82) is 0 Å². The van der Waals surface area contributed by atoms with Crippen molar-refractivity contribution < 1.29 is 0 Å². The molecule has 8 heteroatoms. The Morgan fingerprint density at radius 2 is 1.87 bits per heavy atom. The van der Waals surface area contributed by atoms with E-state index in [9.17, 15) is 9.59 Å². The van der Waals surface area contributed by atoms with Gasteiger partial charge in [0.05, 0.1) is 6.33 Å². The number of aromatic amines is 1. The van der Waals surface area contributed by atoms with Crippen LogP contribution in [0.3, 0.4) is 0 Å². The normalized spacial score (nSPS) is 15.9. The summed E-state index contributed by atoms with van der Waals surface area (Å²) in [7, 11) is 3.45. The zero-order valence-electron chi connectivity index (χ0n) is 18.0. The molecule has 0 aliphatic carbocycles. The first-order valence-electron chi connectivity index (χ1n) is 10.9. The van der Waals surface area contributed by atoms with Gasteiger partial charge in [-0.15, -0.1) is 0 Å². The van der Waals surface area contributed by atoms with Gasteiger partial charge in [0.2, 0.25) is 0 Å². The summed E-state index contributed by atoms with van der Waals surface area (Å²) in [4.78, 5) is 35.5. The summed E-state index contributed by atoms with van der Waals surface area (Å²) in [6.07, 6.45) is 6.78. The van der Waals surface area contributed by atoms with E-state index in [0.717, 1.165) is 38.9 Å². The van der Waals surface area contributed by atoms with Crippen LogP contribution in [0.25, 0.3) is 22.1 Å². The van der Waals surface area contributed by atoms with E-state index in [2.05, 4.69) is 45.3 Å². The van der Waals surface area contributed by atoms with Crippen molar-refractivity contribution in [2.24, 2.45) is 14.1 Å². The molecule has 3 aromatic heterocycles. The first kappa shape index (κ1) is 19.8. The first-order valence-corrected chi connectivity index (χ1v) is 10.9. The van der Waals surface area contributed by atoms with Gasteiger partial charge >= 0.3 is 5.69 Å². The number of benzene rings is 1. The molecule has 5 rings (SSSR count). The number of piperidine rings is 1. The SMILES string of the molecule is Cn1cnc2c1c(=O)n(CCCN1CCC(c3c[nH]c4ccccc34)CC1)c(=O)n2C. The molecule has 1 N–H and O–H groups in total. The minimum absolute atomic E-state index is 0.254. The molecule has 0 atom stereocenters. The topological polar surface area (TPSA) is 80.8 Å². The molecular formula is C23H28N6O2. The molecule has 1 aromatic carbocycles. The molecule has 31 heavy (non-hydrogen) atoms. The monoisotopic (exact) mass is 420 g/mol. The lowest BCUT2D eigenvalue weighted by atomic mass is 9.89. The summed E-state index contributed by atoms with van der Waals surface area (Å²) >= 11 is 0. The Morgan fingerprint density at radius 1 is 1.10 bits per heavy atom. The summed E-state index contributed by atoms with van der Waals surface area (Å²) in [6, 6.07) is 8.49. The number of aryl methyl sites for hydroxylation is 2. The van der Waals surface area contributed by atoms with Gasteiger partial charge in [-0.3, -0.25) is 13.9 Å². The van der Waals surface area contributed by atoms with Crippen LogP contribution < -0.4 is 11.2 Å². The van der Waals surface area contributed by atoms with E-state index in [-0.39, 0.29) is 11.2 Å². The molecule has 1 fully saturated rings. The molecule has 4 heterocycles. The van der Waals surface area contributed by atoms with Crippen LogP contribution in [0.5, 0.6) is 0 Å². The second-order valence-corrected chi connectivity index (χ2v) is 8.59. The number of fused-ring (bicyclic) bond motifs is 2. The summed E-state index contributed by atoms with van der Waals surface area (Å²) in [5, 5.41) is 1.33. The minimum Gasteiger partial charge on any atom is -0.361 e. The molecule has 8 nitrogen and oxygen atoms in total. The fourth-order valence-electron chi connectivity index (χ4n) is 4.95. The van der Waals surface area contributed by atoms with Gasteiger partial charge in [0.15, 0.2) is 11.2 Å². The molecule has 0 bridgehead atoms. The molecule has 0 radical (unpaired) electrons. The van der Waals surface area contributed by atoms with Crippen molar-refractivity contribution in [3.63, 3.8) is 0 Å². The number of nitrogens with one attached hydrogen (secondary N) is 1. The van der Waals surface area contributed by atoms with Crippen molar-refractivity contribution in [2.75, 3.05) is 19.6 Å². The minimum atomic E-state index is -0.297. The van der Waals surface area contributed by atoms with Gasteiger partial charge in [0.25, 0.3) is 5.56 Å². The summed E-state index contributed by atoms with van der Waals surface area (Å²) in [6.45, 7) is 3.39.